The number of nitrogens with zero attached hydrogens (tertiary/aromatic N) is 3. The molecule has 20 heavy (non-hydrogen) atoms. The Balaban J connectivity index is 2.22. The predicted octanol–water partition coefficient (Wildman–Crippen LogP) is 2.65. The van der Waals surface area contributed by atoms with Gasteiger partial charge in [-0.3, -0.25) is 9.58 Å². The normalized spacial score (nSPS) is 11.6. The van der Waals surface area contributed by atoms with E-state index in [1.54, 1.807) is 0 Å². The van der Waals surface area contributed by atoms with Crippen molar-refractivity contribution in [1.82, 2.24) is 14.7 Å². The van der Waals surface area contributed by atoms with Gasteiger partial charge in [-0.2, -0.15) is 5.10 Å². The van der Waals surface area contributed by atoms with Crippen LogP contribution in [0.25, 0.3) is 10.9 Å². The highest BCUT2D eigenvalue weighted by Crippen LogP contribution is 2.19. The SMILES string of the molecule is CCCCN(CCO)Cc1nn(CC)c2ccccc12. The molecule has 0 bridgehead atoms. The number of rotatable bonds is 8. The number of hydrogen-bond acceptors (Lipinski definition) is 3. The minimum atomic E-state index is 0.204. The molecule has 0 atom stereocenters. The van der Waals surface area contributed by atoms with Crippen LogP contribution in [0.15, 0.2) is 24.3 Å². The van der Waals surface area contributed by atoms with Crippen LogP contribution in [0.5, 0.6) is 0 Å². The second-order valence-electron chi connectivity index (χ2n) is 5.13. The van der Waals surface area contributed by atoms with Crippen LogP contribution in [0.3, 0.4) is 0 Å². The summed E-state index contributed by atoms with van der Waals surface area (Å²) >= 11 is 0. The van der Waals surface area contributed by atoms with E-state index in [2.05, 4.69) is 47.7 Å². The van der Waals surface area contributed by atoms with E-state index in [1.165, 1.54) is 17.3 Å². The fraction of sp³-hybridized carbons (Fsp3) is 0.562. The van der Waals surface area contributed by atoms with Crippen molar-refractivity contribution >= 4 is 10.9 Å². The van der Waals surface area contributed by atoms with E-state index >= 15 is 0 Å². The molecule has 0 saturated heterocycles. The van der Waals surface area contributed by atoms with Crippen molar-refractivity contribution in [3.05, 3.63) is 30.0 Å². The molecule has 1 heterocycles. The van der Waals surface area contributed by atoms with Crippen LogP contribution < -0.4 is 0 Å². The van der Waals surface area contributed by atoms with Crippen LogP contribution in [0.2, 0.25) is 0 Å². The quantitative estimate of drug-likeness (QED) is 0.805. The Labute approximate surface area is 121 Å². The number of aliphatic hydroxyl groups excluding tert-OH is 1. The summed E-state index contributed by atoms with van der Waals surface area (Å²) in [5.41, 5.74) is 2.32. The third-order valence-corrected chi connectivity index (χ3v) is 3.65. The molecule has 4 heteroatoms. The Bertz CT molecular complexity index is 536. The number of fused-ring (bicyclic) bond motifs is 1. The standard InChI is InChI=1S/C16H25N3O/c1-3-5-10-18(11-12-20)13-15-14-8-6-7-9-16(14)19(4-2)17-15/h6-9,20H,3-5,10-13H2,1-2H3. The number of para-hydroxylation sites is 1. The van der Waals surface area contributed by atoms with Gasteiger partial charge in [0.25, 0.3) is 0 Å². The lowest BCUT2D eigenvalue weighted by Crippen LogP contribution is -2.27. The van der Waals surface area contributed by atoms with Gasteiger partial charge in [0.15, 0.2) is 0 Å². The van der Waals surface area contributed by atoms with E-state index in [0.717, 1.165) is 31.7 Å². The minimum absolute atomic E-state index is 0.204. The van der Waals surface area contributed by atoms with Gasteiger partial charge in [-0.15, -0.1) is 0 Å². The van der Waals surface area contributed by atoms with Crippen LogP contribution in [-0.2, 0) is 13.1 Å². The van der Waals surface area contributed by atoms with Gasteiger partial charge in [0, 0.05) is 25.0 Å². The molecule has 1 aromatic carbocycles. The van der Waals surface area contributed by atoms with Crippen molar-refractivity contribution in [2.24, 2.45) is 0 Å². The van der Waals surface area contributed by atoms with Gasteiger partial charge < -0.3 is 5.11 Å². The molecule has 0 spiro atoms. The molecule has 2 rings (SSSR count). The lowest BCUT2D eigenvalue weighted by atomic mass is 10.2. The molecule has 0 aliphatic heterocycles. The molecule has 110 valence electrons. The second-order valence-corrected chi connectivity index (χ2v) is 5.13. The Morgan fingerprint density at radius 3 is 2.70 bits per heavy atom. The maximum Gasteiger partial charge on any atom is 0.0843 e. The molecule has 0 aliphatic carbocycles. The highest BCUT2D eigenvalue weighted by Gasteiger charge is 2.12. The molecule has 1 N–H and O–H groups in total. The molecule has 2 aromatic rings. The monoisotopic (exact) mass is 275 g/mol. The van der Waals surface area contributed by atoms with E-state index in [1.807, 2.05) is 0 Å². The number of hydrogen-bond donors (Lipinski definition) is 1. The first-order valence-electron chi connectivity index (χ1n) is 7.57. The number of aromatic nitrogens is 2. The van der Waals surface area contributed by atoms with Gasteiger partial charge in [-0.05, 0) is 26.0 Å². The molecule has 0 aliphatic rings. The molecular weight excluding hydrogens is 250 g/mol. The van der Waals surface area contributed by atoms with E-state index < -0.39 is 0 Å². The Kier molecular flexibility index (Phi) is 5.56. The zero-order chi connectivity index (χ0) is 14.4. The maximum atomic E-state index is 9.21. The summed E-state index contributed by atoms with van der Waals surface area (Å²) in [5.74, 6) is 0. The summed E-state index contributed by atoms with van der Waals surface area (Å²) < 4.78 is 2.06. The summed E-state index contributed by atoms with van der Waals surface area (Å²) in [6.45, 7) is 7.95. The number of unbranched alkanes of at least 4 members (excludes halogenated alkanes) is 1. The van der Waals surface area contributed by atoms with Gasteiger partial charge in [0.05, 0.1) is 17.8 Å². The second kappa shape index (κ2) is 7.41. The lowest BCUT2D eigenvalue weighted by Gasteiger charge is -2.19. The summed E-state index contributed by atoms with van der Waals surface area (Å²) in [4.78, 5) is 2.29. The van der Waals surface area contributed by atoms with Crippen molar-refractivity contribution in [2.45, 2.75) is 39.8 Å². The molecule has 0 saturated carbocycles. The average molecular weight is 275 g/mol. The molecule has 0 amide bonds. The number of benzene rings is 1. The Hall–Kier alpha value is -1.39. The molecular formula is C16H25N3O. The number of aliphatic hydroxyl groups is 1. The smallest absolute Gasteiger partial charge is 0.0843 e. The average Bonchev–Trinajstić information content (AvgIpc) is 2.83. The summed E-state index contributed by atoms with van der Waals surface area (Å²) in [5, 5.41) is 15.2. The fourth-order valence-electron chi connectivity index (χ4n) is 2.56. The topological polar surface area (TPSA) is 41.3 Å². The summed E-state index contributed by atoms with van der Waals surface area (Å²) in [6.07, 6.45) is 2.33. The van der Waals surface area contributed by atoms with Crippen LogP contribution in [0.4, 0.5) is 0 Å². The predicted molar refractivity (Wildman–Crippen MR) is 82.7 cm³/mol. The Morgan fingerprint density at radius 2 is 2.00 bits per heavy atom. The van der Waals surface area contributed by atoms with E-state index in [0.29, 0.717) is 6.54 Å². The van der Waals surface area contributed by atoms with Crippen molar-refractivity contribution < 1.29 is 5.11 Å². The van der Waals surface area contributed by atoms with E-state index in [-0.39, 0.29) is 6.61 Å². The van der Waals surface area contributed by atoms with Crippen molar-refractivity contribution in [3.8, 4) is 0 Å². The third-order valence-electron chi connectivity index (χ3n) is 3.65. The Morgan fingerprint density at radius 1 is 1.20 bits per heavy atom. The van der Waals surface area contributed by atoms with E-state index in [4.69, 9.17) is 5.10 Å². The van der Waals surface area contributed by atoms with Crippen molar-refractivity contribution in [2.75, 3.05) is 19.7 Å². The molecule has 1 aromatic heterocycles. The number of aryl methyl sites for hydroxylation is 1. The van der Waals surface area contributed by atoms with Gasteiger partial charge in [0.2, 0.25) is 0 Å². The van der Waals surface area contributed by atoms with Crippen LogP contribution >= 0.6 is 0 Å². The van der Waals surface area contributed by atoms with Crippen LogP contribution in [0, 0.1) is 0 Å². The van der Waals surface area contributed by atoms with Crippen molar-refractivity contribution in [1.29, 1.82) is 0 Å². The highest BCUT2D eigenvalue weighted by atomic mass is 16.3. The lowest BCUT2D eigenvalue weighted by molar-refractivity contribution is 0.187. The van der Waals surface area contributed by atoms with Gasteiger partial charge >= 0.3 is 0 Å². The van der Waals surface area contributed by atoms with Gasteiger partial charge in [-0.25, -0.2) is 0 Å². The fourth-order valence-corrected chi connectivity index (χ4v) is 2.56. The zero-order valence-corrected chi connectivity index (χ0v) is 12.5. The third kappa shape index (κ3) is 3.38. The first-order chi connectivity index (χ1) is 9.80. The van der Waals surface area contributed by atoms with Gasteiger partial charge in [-0.1, -0.05) is 31.5 Å². The molecule has 0 radical (unpaired) electrons. The van der Waals surface area contributed by atoms with Crippen LogP contribution in [0.1, 0.15) is 32.4 Å². The van der Waals surface area contributed by atoms with Gasteiger partial charge in [0.1, 0.15) is 0 Å². The van der Waals surface area contributed by atoms with Crippen molar-refractivity contribution in [3.63, 3.8) is 0 Å². The maximum absolute atomic E-state index is 9.21. The first kappa shape index (κ1) is 15.0. The minimum Gasteiger partial charge on any atom is -0.395 e. The highest BCUT2D eigenvalue weighted by molar-refractivity contribution is 5.81. The molecule has 0 fully saturated rings. The van der Waals surface area contributed by atoms with Crippen LogP contribution in [-0.4, -0.2) is 39.5 Å². The van der Waals surface area contributed by atoms with E-state index in [9.17, 15) is 5.11 Å². The first-order valence-corrected chi connectivity index (χ1v) is 7.57. The largest absolute Gasteiger partial charge is 0.395 e. The summed E-state index contributed by atoms with van der Waals surface area (Å²) in [7, 11) is 0. The zero-order valence-electron chi connectivity index (χ0n) is 12.5. The summed E-state index contributed by atoms with van der Waals surface area (Å²) in [6, 6.07) is 8.39. The molecule has 4 nitrogen and oxygen atoms in total. The molecule has 0 unspecified atom stereocenters.